The van der Waals surface area contributed by atoms with Gasteiger partial charge in [0.05, 0.1) is 4.91 Å². The third-order valence-electron chi connectivity index (χ3n) is 4.40. The number of nitrogens with one attached hydrogen (secondary N) is 2. The number of carbonyl (C=O) groups is 2. The van der Waals surface area contributed by atoms with Gasteiger partial charge in [-0.2, -0.15) is 0 Å². The Hall–Kier alpha value is -3.36. The predicted octanol–water partition coefficient (Wildman–Crippen LogP) is 3.63. The van der Waals surface area contributed by atoms with Gasteiger partial charge in [0.2, 0.25) is 10.0 Å². The fraction of sp³-hybridized carbons (Fsp3) is 0.105. The van der Waals surface area contributed by atoms with Crippen molar-refractivity contribution < 1.29 is 40.3 Å². The Kier molecular flexibility index (Phi) is 5.67. The largest absolute Gasteiger partial charge is 0.573 e. The van der Waals surface area contributed by atoms with E-state index in [9.17, 15) is 31.2 Å². The fourth-order valence-electron chi connectivity index (χ4n) is 3.02. The number of thioether (sulfide) groups is 1. The number of rotatable bonds is 5. The second-order valence-corrected chi connectivity index (χ2v) is 9.39. The summed E-state index contributed by atoms with van der Waals surface area (Å²) < 4.78 is 74.7. The number of hydrogen-bond acceptors (Lipinski definition) is 8. The van der Waals surface area contributed by atoms with E-state index in [0.29, 0.717) is 17.1 Å². The highest BCUT2D eigenvalue weighted by Crippen LogP contribution is 2.37. The van der Waals surface area contributed by atoms with E-state index in [2.05, 4.69) is 15.0 Å². The molecule has 0 saturated carbocycles. The van der Waals surface area contributed by atoms with Crippen LogP contribution in [0.4, 0.5) is 18.0 Å². The average molecular weight is 499 g/mol. The molecule has 1 aliphatic heterocycles. The van der Waals surface area contributed by atoms with E-state index in [1.807, 2.05) is 4.72 Å². The maximum atomic E-state index is 12.9. The van der Waals surface area contributed by atoms with E-state index in [-0.39, 0.29) is 27.4 Å². The minimum absolute atomic E-state index is 0.107. The van der Waals surface area contributed by atoms with E-state index in [4.69, 9.17) is 4.42 Å². The molecule has 2 aromatic heterocycles. The summed E-state index contributed by atoms with van der Waals surface area (Å²) in [5.74, 6) is -1.32. The number of alkyl halides is 3. The van der Waals surface area contributed by atoms with Gasteiger partial charge in [-0.15, -0.1) is 13.2 Å². The molecule has 2 amide bonds. The molecule has 3 heterocycles. The Balaban J connectivity index is 1.83. The van der Waals surface area contributed by atoms with Gasteiger partial charge in [-0.3, -0.25) is 19.9 Å². The van der Waals surface area contributed by atoms with Crippen LogP contribution in [0.2, 0.25) is 0 Å². The zero-order valence-electron chi connectivity index (χ0n) is 16.4. The van der Waals surface area contributed by atoms with Gasteiger partial charge in [0.25, 0.3) is 11.1 Å². The molecule has 1 aromatic carbocycles. The van der Waals surface area contributed by atoms with Crippen LogP contribution < -0.4 is 14.8 Å². The number of hydrogen-bond donors (Lipinski definition) is 2. The zero-order valence-corrected chi connectivity index (χ0v) is 18.0. The summed E-state index contributed by atoms with van der Waals surface area (Å²) >= 11 is 0.692. The van der Waals surface area contributed by atoms with Crippen molar-refractivity contribution in [2.75, 3.05) is 7.05 Å². The van der Waals surface area contributed by atoms with Crippen LogP contribution in [0.25, 0.3) is 28.2 Å². The summed E-state index contributed by atoms with van der Waals surface area (Å²) in [6, 6.07) is 4.69. The highest BCUT2D eigenvalue weighted by molar-refractivity contribution is 8.18. The van der Waals surface area contributed by atoms with Crippen molar-refractivity contribution in [3.05, 3.63) is 47.3 Å². The van der Waals surface area contributed by atoms with Crippen LogP contribution in [-0.4, -0.2) is 38.0 Å². The maximum Gasteiger partial charge on any atom is 0.573 e. The SMILES string of the molecule is CNS(=O)(=O)c1ccc(-c2cncc3cc(/C=C4\SC(=O)NC4=O)oc23)cc1OC(F)(F)F. The van der Waals surface area contributed by atoms with E-state index in [1.165, 1.54) is 30.6 Å². The highest BCUT2D eigenvalue weighted by atomic mass is 32.2. The van der Waals surface area contributed by atoms with Crippen LogP contribution in [0.1, 0.15) is 5.76 Å². The van der Waals surface area contributed by atoms with Crippen molar-refractivity contribution in [3.63, 3.8) is 0 Å². The van der Waals surface area contributed by atoms with Crippen molar-refractivity contribution in [2.24, 2.45) is 0 Å². The van der Waals surface area contributed by atoms with E-state index < -0.39 is 38.2 Å². The second kappa shape index (κ2) is 8.20. The van der Waals surface area contributed by atoms with E-state index in [0.717, 1.165) is 19.2 Å². The predicted molar refractivity (Wildman–Crippen MR) is 111 cm³/mol. The van der Waals surface area contributed by atoms with E-state index >= 15 is 0 Å². The summed E-state index contributed by atoms with van der Waals surface area (Å²) in [5.41, 5.74) is 0.602. The van der Waals surface area contributed by atoms with Crippen LogP contribution in [0.3, 0.4) is 0 Å². The average Bonchev–Trinajstić information content (AvgIpc) is 3.28. The Morgan fingerprint density at radius 2 is 1.97 bits per heavy atom. The maximum absolute atomic E-state index is 12.9. The summed E-state index contributed by atoms with van der Waals surface area (Å²) in [6.45, 7) is 0. The van der Waals surface area contributed by atoms with Crippen molar-refractivity contribution in [1.29, 1.82) is 0 Å². The molecule has 0 radical (unpaired) electrons. The molecular formula is C19H12F3N3O6S2. The molecule has 0 unspecified atom stereocenters. The molecule has 2 N–H and O–H groups in total. The van der Waals surface area contributed by atoms with Gasteiger partial charge in [-0.05, 0) is 42.6 Å². The molecule has 1 fully saturated rings. The van der Waals surface area contributed by atoms with Crippen LogP contribution in [0.5, 0.6) is 5.75 Å². The van der Waals surface area contributed by atoms with Gasteiger partial charge < -0.3 is 9.15 Å². The lowest BCUT2D eigenvalue weighted by Crippen LogP contribution is -2.23. The van der Waals surface area contributed by atoms with Crippen LogP contribution in [0, 0.1) is 0 Å². The summed E-state index contributed by atoms with van der Waals surface area (Å²) in [6.07, 6.45) is -1.04. The smallest absolute Gasteiger partial charge is 0.456 e. The molecule has 33 heavy (non-hydrogen) atoms. The van der Waals surface area contributed by atoms with Gasteiger partial charge in [0, 0.05) is 29.4 Å². The molecule has 9 nitrogen and oxygen atoms in total. The van der Waals surface area contributed by atoms with E-state index in [1.54, 1.807) is 0 Å². The first-order valence-corrected chi connectivity index (χ1v) is 11.2. The molecule has 1 aliphatic rings. The lowest BCUT2D eigenvalue weighted by molar-refractivity contribution is -0.275. The molecule has 0 spiro atoms. The van der Waals surface area contributed by atoms with Crippen molar-refractivity contribution in [1.82, 2.24) is 15.0 Å². The highest BCUT2D eigenvalue weighted by Gasteiger charge is 2.34. The first-order chi connectivity index (χ1) is 15.5. The molecule has 4 rings (SSSR count). The van der Waals surface area contributed by atoms with Gasteiger partial charge >= 0.3 is 6.36 Å². The number of furan rings is 1. The number of amides is 2. The number of aromatic nitrogens is 1. The lowest BCUT2D eigenvalue weighted by atomic mass is 10.1. The number of nitrogens with zero attached hydrogens (tertiary/aromatic N) is 1. The first kappa shape index (κ1) is 22.8. The topological polar surface area (TPSA) is 128 Å². The summed E-state index contributed by atoms with van der Waals surface area (Å²) in [5, 5.41) is 2.04. The molecule has 3 aromatic rings. The van der Waals surface area contributed by atoms with Gasteiger partial charge in [-0.1, -0.05) is 6.07 Å². The number of sulfonamides is 1. The number of ether oxygens (including phenoxy) is 1. The first-order valence-electron chi connectivity index (χ1n) is 8.93. The van der Waals surface area contributed by atoms with Crippen LogP contribution in [-0.2, 0) is 14.8 Å². The molecule has 0 atom stereocenters. The quantitative estimate of drug-likeness (QED) is 0.510. The number of pyridine rings is 1. The van der Waals surface area contributed by atoms with Crippen LogP contribution >= 0.6 is 11.8 Å². The third-order valence-corrected chi connectivity index (χ3v) is 6.66. The Morgan fingerprint density at radius 1 is 1.21 bits per heavy atom. The molecule has 0 aliphatic carbocycles. The van der Waals surface area contributed by atoms with Crippen LogP contribution in [0.15, 0.2) is 50.9 Å². The number of halogens is 3. The molecule has 172 valence electrons. The Bertz CT molecular complexity index is 1430. The summed E-state index contributed by atoms with van der Waals surface area (Å²) in [4.78, 5) is 26.5. The monoisotopic (exact) mass is 499 g/mol. The van der Waals surface area contributed by atoms with Gasteiger partial charge in [0.15, 0.2) is 0 Å². The van der Waals surface area contributed by atoms with Gasteiger partial charge in [0.1, 0.15) is 22.0 Å². The van der Waals surface area contributed by atoms with Gasteiger partial charge in [-0.25, -0.2) is 13.1 Å². The molecular weight excluding hydrogens is 487 g/mol. The van der Waals surface area contributed by atoms with Crippen molar-refractivity contribution >= 4 is 50.0 Å². The molecule has 1 saturated heterocycles. The molecule has 0 bridgehead atoms. The van der Waals surface area contributed by atoms with Crippen molar-refractivity contribution in [3.8, 4) is 16.9 Å². The molecule has 14 heteroatoms. The van der Waals surface area contributed by atoms with Crippen molar-refractivity contribution in [2.45, 2.75) is 11.3 Å². The minimum atomic E-state index is -5.14. The summed E-state index contributed by atoms with van der Waals surface area (Å²) in [7, 11) is -3.20. The fourth-order valence-corrected chi connectivity index (χ4v) is 4.52. The second-order valence-electron chi connectivity index (χ2n) is 6.52. The Morgan fingerprint density at radius 3 is 2.61 bits per heavy atom. The zero-order chi connectivity index (χ0) is 24.0. The lowest BCUT2D eigenvalue weighted by Gasteiger charge is -2.14. The number of carbonyl (C=O) groups excluding carboxylic acids is 2. The number of fused-ring (bicyclic) bond motifs is 1. The minimum Gasteiger partial charge on any atom is -0.456 e. The number of benzene rings is 1. The normalized spacial score (nSPS) is 15.9. The number of imide groups is 1. The Labute approximate surface area is 188 Å². The third kappa shape index (κ3) is 4.72. The standard InChI is InChI=1S/C19H12F3N3O6S2/c1-23-33(28,29)15-3-2-9(5-13(15)31-19(20,21)22)12-8-24-7-10-4-11(30-16(10)12)6-14-17(26)25-18(27)32-14/h2-8,23H,1H3,(H,25,26,27)/b14-6-.